The van der Waals surface area contributed by atoms with Gasteiger partial charge in [-0.2, -0.15) is 0 Å². The van der Waals surface area contributed by atoms with E-state index >= 15 is 0 Å². The molecule has 0 fully saturated rings. The maximum atomic E-state index is 5.25. The summed E-state index contributed by atoms with van der Waals surface area (Å²) in [7, 11) is 1.66. The summed E-state index contributed by atoms with van der Waals surface area (Å²) in [6.07, 6.45) is 1.82. The molecule has 0 atom stereocenters. The predicted molar refractivity (Wildman–Crippen MR) is 72.9 cm³/mol. The molecule has 0 aromatic heterocycles. The van der Waals surface area contributed by atoms with Crippen molar-refractivity contribution in [3.8, 4) is 5.75 Å². The SMILES string of the molecule is COc1ccccc1/C=N/Sc1ccccc1. The second-order valence-corrected chi connectivity index (χ2v) is 4.25. The van der Waals surface area contributed by atoms with E-state index in [1.54, 1.807) is 7.11 Å². The number of para-hydroxylation sites is 1. The molecule has 0 N–H and O–H groups in total. The molecule has 0 unspecified atom stereocenters. The Balaban J connectivity index is 2.06. The van der Waals surface area contributed by atoms with Gasteiger partial charge in [-0.15, -0.1) is 0 Å². The van der Waals surface area contributed by atoms with E-state index in [0.29, 0.717) is 0 Å². The van der Waals surface area contributed by atoms with Crippen LogP contribution in [0.4, 0.5) is 0 Å². The zero-order valence-corrected chi connectivity index (χ0v) is 10.4. The van der Waals surface area contributed by atoms with Gasteiger partial charge in [0.2, 0.25) is 0 Å². The topological polar surface area (TPSA) is 21.6 Å². The van der Waals surface area contributed by atoms with Crippen molar-refractivity contribution in [1.29, 1.82) is 0 Å². The number of nitrogens with zero attached hydrogens (tertiary/aromatic N) is 1. The number of rotatable bonds is 4. The van der Waals surface area contributed by atoms with E-state index in [0.717, 1.165) is 16.2 Å². The number of methoxy groups -OCH3 is 1. The fraction of sp³-hybridized carbons (Fsp3) is 0.0714. The molecule has 86 valence electrons. The van der Waals surface area contributed by atoms with Crippen LogP contribution >= 0.6 is 11.9 Å². The molecule has 0 bridgehead atoms. The summed E-state index contributed by atoms with van der Waals surface area (Å²) >= 11 is 1.45. The Bertz CT molecular complexity index is 497. The van der Waals surface area contributed by atoms with Crippen LogP contribution in [0, 0.1) is 0 Å². The third-order valence-electron chi connectivity index (χ3n) is 2.23. The van der Waals surface area contributed by atoms with Gasteiger partial charge in [-0.1, -0.05) is 30.3 Å². The summed E-state index contributed by atoms with van der Waals surface area (Å²) < 4.78 is 9.58. The first-order valence-electron chi connectivity index (χ1n) is 5.28. The first-order valence-corrected chi connectivity index (χ1v) is 6.06. The van der Waals surface area contributed by atoms with E-state index in [1.165, 1.54) is 11.9 Å². The second kappa shape index (κ2) is 6.11. The molecular formula is C14H13NOS. The van der Waals surface area contributed by atoms with Gasteiger partial charge in [0.1, 0.15) is 5.75 Å². The summed E-state index contributed by atoms with van der Waals surface area (Å²) in [5.41, 5.74) is 0.985. The number of benzene rings is 2. The van der Waals surface area contributed by atoms with Gasteiger partial charge in [0, 0.05) is 28.6 Å². The average molecular weight is 243 g/mol. The first-order chi connectivity index (χ1) is 8.40. The minimum atomic E-state index is 0.838. The highest BCUT2D eigenvalue weighted by atomic mass is 32.2. The van der Waals surface area contributed by atoms with Gasteiger partial charge < -0.3 is 4.74 Å². The predicted octanol–water partition coefficient (Wildman–Crippen LogP) is 3.82. The van der Waals surface area contributed by atoms with Gasteiger partial charge in [0.15, 0.2) is 0 Å². The minimum absolute atomic E-state index is 0.838. The fourth-order valence-electron chi connectivity index (χ4n) is 1.40. The van der Waals surface area contributed by atoms with Gasteiger partial charge in [-0.25, -0.2) is 4.40 Å². The van der Waals surface area contributed by atoms with Gasteiger partial charge >= 0.3 is 0 Å². The van der Waals surface area contributed by atoms with Crippen LogP contribution in [0.15, 0.2) is 63.9 Å². The second-order valence-electron chi connectivity index (χ2n) is 3.38. The summed E-state index contributed by atoms with van der Waals surface area (Å²) in [6, 6.07) is 17.9. The molecule has 2 aromatic rings. The monoisotopic (exact) mass is 243 g/mol. The van der Waals surface area contributed by atoms with Crippen molar-refractivity contribution < 1.29 is 4.74 Å². The minimum Gasteiger partial charge on any atom is -0.496 e. The third-order valence-corrected chi connectivity index (χ3v) is 2.93. The molecule has 0 saturated heterocycles. The Morgan fingerprint density at radius 3 is 2.47 bits per heavy atom. The summed E-state index contributed by atoms with van der Waals surface area (Å²) in [5.74, 6) is 0.838. The van der Waals surface area contributed by atoms with Crippen molar-refractivity contribution in [2.24, 2.45) is 4.40 Å². The summed E-state index contributed by atoms with van der Waals surface area (Å²) in [4.78, 5) is 1.12. The quantitative estimate of drug-likeness (QED) is 0.601. The van der Waals surface area contributed by atoms with Crippen LogP contribution in [0.2, 0.25) is 0 Å². The molecule has 0 heterocycles. The molecule has 17 heavy (non-hydrogen) atoms. The average Bonchev–Trinajstić information content (AvgIpc) is 2.40. The van der Waals surface area contributed by atoms with E-state index in [4.69, 9.17) is 4.74 Å². The van der Waals surface area contributed by atoms with Crippen molar-refractivity contribution in [2.45, 2.75) is 4.90 Å². The van der Waals surface area contributed by atoms with E-state index < -0.39 is 0 Å². The molecule has 0 aliphatic heterocycles. The molecular weight excluding hydrogens is 230 g/mol. The van der Waals surface area contributed by atoms with E-state index in [9.17, 15) is 0 Å². The first kappa shape index (κ1) is 11.7. The lowest BCUT2D eigenvalue weighted by atomic mass is 10.2. The maximum absolute atomic E-state index is 5.25. The zero-order valence-electron chi connectivity index (χ0n) is 9.54. The molecule has 3 heteroatoms. The van der Waals surface area contributed by atoms with Gasteiger partial charge in [-0.3, -0.25) is 0 Å². The van der Waals surface area contributed by atoms with Gasteiger partial charge in [0.05, 0.1) is 7.11 Å². The summed E-state index contributed by atoms with van der Waals surface area (Å²) in [5, 5.41) is 0. The summed E-state index contributed by atoms with van der Waals surface area (Å²) in [6.45, 7) is 0. The van der Waals surface area contributed by atoms with Crippen molar-refractivity contribution in [1.82, 2.24) is 0 Å². The Hall–Kier alpha value is -1.74. The van der Waals surface area contributed by atoms with E-state index in [1.807, 2.05) is 60.8 Å². The third kappa shape index (κ3) is 3.36. The van der Waals surface area contributed by atoms with Crippen LogP contribution in [-0.4, -0.2) is 13.3 Å². The van der Waals surface area contributed by atoms with Gasteiger partial charge in [-0.05, 0) is 24.3 Å². The number of ether oxygens (including phenoxy) is 1. The zero-order chi connectivity index (χ0) is 11.9. The van der Waals surface area contributed by atoms with E-state index in [2.05, 4.69) is 4.40 Å². The van der Waals surface area contributed by atoms with Crippen molar-refractivity contribution in [2.75, 3.05) is 7.11 Å². The Labute approximate surface area is 105 Å². The van der Waals surface area contributed by atoms with Crippen LogP contribution in [0.25, 0.3) is 0 Å². The molecule has 0 amide bonds. The van der Waals surface area contributed by atoms with Crippen LogP contribution < -0.4 is 4.74 Å². The van der Waals surface area contributed by atoms with Crippen LogP contribution in [0.1, 0.15) is 5.56 Å². The Morgan fingerprint density at radius 2 is 1.71 bits per heavy atom. The highest BCUT2D eigenvalue weighted by molar-refractivity contribution is 7.98. The molecule has 2 nitrogen and oxygen atoms in total. The number of hydrogen-bond acceptors (Lipinski definition) is 3. The van der Waals surface area contributed by atoms with Gasteiger partial charge in [0.25, 0.3) is 0 Å². The Morgan fingerprint density at radius 1 is 1.00 bits per heavy atom. The fourth-order valence-corrected chi connectivity index (χ4v) is 1.97. The molecule has 2 aromatic carbocycles. The van der Waals surface area contributed by atoms with Crippen molar-refractivity contribution in [3.05, 3.63) is 60.2 Å². The lowest BCUT2D eigenvalue weighted by molar-refractivity contribution is 0.414. The molecule has 0 spiro atoms. The lowest BCUT2D eigenvalue weighted by Crippen LogP contribution is -1.89. The van der Waals surface area contributed by atoms with Crippen LogP contribution in [0.3, 0.4) is 0 Å². The van der Waals surface area contributed by atoms with Crippen LogP contribution in [0.5, 0.6) is 5.75 Å². The van der Waals surface area contributed by atoms with Crippen molar-refractivity contribution in [3.63, 3.8) is 0 Å². The molecule has 0 aliphatic carbocycles. The highest BCUT2D eigenvalue weighted by Gasteiger charge is 1.97. The number of hydrogen-bond donors (Lipinski definition) is 0. The van der Waals surface area contributed by atoms with Crippen molar-refractivity contribution >= 4 is 18.2 Å². The Kier molecular flexibility index (Phi) is 4.22. The maximum Gasteiger partial charge on any atom is 0.127 e. The molecule has 0 aliphatic rings. The normalized spacial score (nSPS) is 10.6. The molecule has 0 radical (unpaired) electrons. The lowest BCUT2D eigenvalue weighted by Gasteiger charge is -2.02. The highest BCUT2D eigenvalue weighted by Crippen LogP contribution is 2.20. The van der Waals surface area contributed by atoms with E-state index in [-0.39, 0.29) is 0 Å². The largest absolute Gasteiger partial charge is 0.496 e. The smallest absolute Gasteiger partial charge is 0.127 e. The van der Waals surface area contributed by atoms with Crippen LogP contribution in [-0.2, 0) is 0 Å². The molecule has 0 saturated carbocycles. The molecule has 2 rings (SSSR count). The standard InChI is InChI=1S/C14H13NOS/c1-16-14-10-6-5-7-12(14)11-15-17-13-8-3-2-4-9-13/h2-11H,1H3/b15-11+.